The van der Waals surface area contributed by atoms with E-state index < -0.39 is 4.92 Å². The third-order valence-corrected chi connectivity index (χ3v) is 8.03. The van der Waals surface area contributed by atoms with Crippen LogP contribution in [0, 0.1) is 34.3 Å². The van der Waals surface area contributed by atoms with E-state index in [9.17, 15) is 14.9 Å². The topological polar surface area (TPSA) is 66.7 Å². The molecule has 1 aromatic rings. The number of hydrogen-bond acceptors (Lipinski definition) is 4. The van der Waals surface area contributed by atoms with Gasteiger partial charge in [-0.05, 0) is 69.0 Å². The third-order valence-electron chi connectivity index (χ3n) is 8.03. The Labute approximate surface area is 185 Å². The van der Waals surface area contributed by atoms with Crippen LogP contribution >= 0.6 is 0 Å². The Hall–Kier alpha value is -2.21. The molecule has 5 rings (SSSR count). The van der Waals surface area contributed by atoms with Crippen LogP contribution in [0.25, 0.3) is 0 Å². The van der Waals surface area contributed by atoms with Crippen LogP contribution in [-0.4, -0.2) is 53.4 Å². The van der Waals surface area contributed by atoms with Crippen molar-refractivity contribution >= 4 is 11.6 Å². The largest absolute Gasteiger partial charge is 0.333 e. The molecule has 1 saturated carbocycles. The average Bonchev–Trinajstić information content (AvgIpc) is 2.77. The summed E-state index contributed by atoms with van der Waals surface area (Å²) < 4.78 is 0. The Kier molecular flexibility index (Phi) is 6.20. The maximum Gasteiger partial charge on any atom is 0.273 e. The summed E-state index contributed by atoms with van der Waals surface area (Å²) in [6.45, 7) is 10.8. The van der Waals surface area contributed by atoms with Gasteiger partial charge in [0, 0.05) is 36.8 Å². The Morgan fingerprint density at radius 1 is 1.26 bits per heavy atom. The lowest BCUT2D eigenvalue weighted by Gasteiger charge is -2.57. The lowest BCUT2D eigenvalue weighted by atomic mass is 9.49. The van der Waals surface area contributed by atoms with E-state index in [2.05, 4.69) is 24.8 Å². The lowest BCUT2D eigenvalue weighted by molar-refractivity contribution is -0.385. The van der Waals surface area contributed by atoms with Gasteiger partial charge >= 0.3 is 0 Å². The molecule has 1 heterocycles. The molecule has 1 aromatic carbocycles. The van der Waals surface area contributed by atoms with Gasteiger partial charge in [-0.3, -0.25) is 14.9 Å². The van der Waals surface area contributed by atoms with E-state index in [1.54, 1.807) is 19.1 Å². The first-order valence-corrected chi connectivity index (χ1v) is 11.7. The zero-order valence-electron chi connectivity index (χ0n) is 19.1. The van der Waals surface area contributed by atoms with Crippen LogP contribution in [0.3, 0.4) is 0 Å². The van der Waals surface area contributed by atoms with Gasteiger partial charge in [-0.1, -0.05) is 38.0 Å². The summed E-state index contributed by atoms with van der Waals surface area (Å²) in [6, 6.07) is 4.87. The van der Waals surface area contributed by atoms with E-state index in [4.69, 9.17) is 0 Å². The van der Waals surface area contributed by atoms with Crippen molar-refractivity contribution in [2.75, 3.05) is 32.7 Å². The molecule has 0 aromatic heterocycles. The number of hydrogen-bond donors (Lipinski definition) is 0. The van der Waals surface area contributed by atoms with Crippen molar-refractivity contribution in [3.63, 3.8) is 0 Å². The Morgan fingerprint density at radius 3 is 2.65 bits per heavy atom. The van der Waals surface area contributed by atoms with Crippen molar-refractivity contribution in [3.8, 4) is 0 Å². The molecule has 0 spiro atoms. The number of benzene rings is 1. The second-order valence-electron chi connectivity index (χ2n) is 10.2. The SMILES string of the molecule is Cc1ccc(C(=O)N(CCN2CCCCC2)CC2=CCC3CC2C3(C)C)cc1[N+](=O)[O-]. The van der Waals surface area contributed by atoms with Crippen LogP contribution in [-0.2, 0) is 0 Å². The van der Waals surface area contributed by atoms with Crippen molar-refractivity contribution in [2.24, 2.45) is 17.3 Å². The van der Waals surface area contributed by atoms with Crippen molar-refractivity contribution in [3.05, 3.63) is 51.1 Å². The Balaban J connectivity index is 1.54. The molecule has 0 radical (unpaired) electrons. The van der Waals surface area contributed by atoms with Gasteiger partial charge in [0.2, 0.25) is 0 Å². The highest BCUT2D eigenvalue weighted by atomic mass is 16.6. The van der Waals surface area contributed by atoms with E-state index in [-0.39, 0.29) is 11.6 Å². The molecular weight excluding hydrogens is 390 g/mol. The second-order valence-corrected chi connectivity index (χ2v) is 10.2. The van der Waals surface area contributed by atoms with Gasteiger partial charge < -0.3 is 9.80 Å². The molecule has 0 N–H and O–H groups in total. The van der Waals surface area contributed by atoms with Crippen molar-refractivity contribution in [1.82, 2.24) is 9.80 Å². The summed E-state index contributed by atoms with van der Waals surface area (Å²) in [7, 11) is 0. The van der Waals surface area contributed by atoms with Gasteiger partial charge in [-0.15, -0.1) is 0 Å². The van der Waals surface area contributed by atoms with Crippen molar-refractivity contribution in [1.29, 1.82) is 0 Å². The minimum absolute atomic E-state index is 0.0154. The van der Waals surface area contributed by atoms with Crippen LogP contribution in [0.5, 0.6) is 0 Å². The third kappa shape index (κ3) is 4.40. The predicted octanol–water partition coefficient (Wildman–Crippen LogP) is 4.82. The molecule has 168 valence electrons. The molecule has 3 aliphatic carbocycles. The van der Waals surface area contributed by atoms with Crippen molar-refractivity contribution in [2.45, 2.75) is 52.9 Å². The zero-order chi connectivity index (χ0) is 22.2. The Bertz CT molecular complexity index is 886. The summed E-state index contributed by atoms with van der Waals surface area (Å²) in [5, 5.41) is 11.4. The number of carbonyl (C=O) groups excluding carboxylic acids is 1. The van der Waals surface area contributed by atoms with E-state index in [1.807, 2.05) is 4.90 Å². The normalized spacial score (nSPS) is 24.8. The van der Waals surface area contributed by atoms with Crippen LogP contribution in [0.2, 0.25) is 0 Å². The van der Waals surface area contributed by atoms with Crippen LogP contribution in [0.4, 0.5) is 5.69 Å². The minimum atomic E-state index is -0.398. The summed E-state index contributed by atoms with van der Waals surface area (Å²) in [4.78, 5) is 28.9. The number of allylic oxidation sites excluding steroid dienone is 1. The van der Waals surface area contributed by atoms with E-state index in [0.717, 1.165) is 32.0 Å². The number of nitro groups is 1. The average molecular weight is 426 g/mol. The molecule has 4 aliphatic rings. The molecule has 2 bridgehead atoms. The van der Waals surface area contributed by atoms with Crippen molar-refractivity contribution < 1.29 is 9.72 Å². The molecule has 1 saturated heterocycles. The molecule has 31 heavy (non-hydrogen) atoms. The first-order valence-electron chi connectivity index (χ1n) is 11.7. The number of amides is 1. The van der Waals surface area contributed by atoms with Gasteiger partial charge in [0.1, 0.15) is 0 Å². The summed E-state index contributed by atoms with van der Waals surface area (Å²) in [5.74, 6) is 1.21. The lowest BCUT2D eigenvalue weighted by Crippen LogP contribution is -2.51. The Morgan fingerprint density at radius 2 is 2.00 bits per heavy atom. The molecule has 1 aliphatic heterocycles. The quantitative estimate of drug-likeness (QED) is 0.357. The minimum Gasteiger partial charge on any atom is -0.333 e. The molecule has 6 nitrogen and oxygen atoms in total. The summed E-state index contributed by atoms with van der Waals surface area (Å²) in [6.07, 6.45) is 8.41. The van der Waals surface area contributed by atoms with E-state index in [0.29, 0.717) is 35.5 Å². The number of carbonyl (C=O) groups is 1. The van der Waals surface area contributed by atoms with Gasteiger partial charge in [-0.2, -0.15) is 0 Å². The molecular formula is C25H35N3O3. The summed E-state index contributed by atoms with van der Waals surface area (Å²) in [5.41, 5.74) is 2.70. The number of fused-ring (bicyclic) bond motifs is 1. The molecule has 2 fully saturated rings. The number of aryl methyl sites for hydroxylation is 1. The highest BCUT2D eigenvalue weighted by molar-refractivity contribution is 5.95. The number of nitrogens with zero attached hydrogens (tertiary/aromatic N) is 3. The number of piperidine rings is 1. The standard InChI is InChI=1S/C25H35N3O3/c1-18-7-8-19(15-23(18)28(30)31)24(29)27(14-13-26-11-5-4-6-12-26)17-20-9-10-21-16-22(20)25(21,2)3/h7-9,15,21-22H,4-6,10-14,16-17H2,1-3H3. The second kappa shape index (κ2) is 8.73. The number of likely N-dealkylation sites (tertiary alicyclic amines) is 1. The molecule has 1 amide bonds. The van der Waals surface area contributed by atoms with Gasteiger partial charge in [0.05, 0.1) is 4.92 Å². The molecule has 2 atom stereocenters. The van der Waals surface area contributed by atoms with Gasteiger partial charge in [0.25, 0.3) is 11.6 Å². The first-order chi connectivity index (χ1) is 14.8. The van der Waals surface area contributed by atoms with E-state index in [1.165, 1.54) is 37.3 Å². The van der Waals surface area contributed by atoms with E-state index >= 15 is 0 Å². The van der Waals surface area contributed by atoms with Crippen LogP contribution in [0.1, 0.15) is 61.9 Å². The molecule has 6 heteroatoms. The fraction of sp³-hybridized carbons (Fsp3) is 0.640. The fourth-order valence-electron chi connectivity index (χ4n) is 5.70. The zero-order valence-corrected chi connectivity index (χ0v) is 19.1. The summed E-state index contributed by atoms with van der Waals surface area (Å²) >= 11 is 0. The van der Waals surface area contributed by atoms with Gasteiger partial charge in [0.15, 0.2) is 0 Å². The highest BCUT2D eigenvalue weighted by Crippen LogP contribution is 2.59. The maximum atomic E-state index is 13.5. The smallest absolute Gasteiger partial charge is 0.273 e. The van der Waals surface area contributed by atoms with Crippen LogP contribution < -0.4 is 0 Å². The number of nitro benzene ring substituents is 1. The predicted molar refractivity (Wildman–Crippen MR) is 122 cm³/mol. The van der Waals surface area contributed by atoms with Crippen LogP contribution in [0.15, 0.2) is 29.8 Å². The fourth-order valence-corrected chi connectivity index (χ4v) is 5.70. The molecule has 2 unspecified atom stereocenters. The number of rotatable bonds is 7. The highest BCUT2D eigenvalue weighted by Gasteiger charge is 2.51. The monoisotopic (exact) mass is 425 g/mol. The first kappa shape index (κ1) is 22.0. The maximum absolute atomic E-state index is 13.5. The van der Waals surface area contributed by atoms with Gasteiger partial charge in [-0.25, -0.2) is 0 Å².